The molecule has 0 saturated heterocycles. The first kappa shape index (κ1) is 23.2. The van der Waals surface area contributed by atoms with Gasteiger partial charge in [0.1, 0.15) is 0 Å². The van der Waals surface area contributed by atoms with E-state index in [9.17, 15) is 0 Å². The summed E-state index contributed by atoms with van der Waals surface area (Å²) < 4.78 is 27.6. The van der Waals surface area contributed by atoms with Gasteiger partial charge in [-0.15, -0.1) is 0 Å². The Hall–Kier alpha value is 0.234. The Kier molecular flexibility index (Phi) is 13.7. The van der Waals surface area contributed by atoms with Crippen LogP contribution in [0.5, 0.6) is 0 Å². The van der Waals surface area contributed by atoms with Crippen molar-refractivity contribution in [3.8, 4) is 0 Å². The summed E-state index contributed by atoms with van der Waals surface area (Å²) in [6, 6.07) is 2.31. The Morgan fingerprint density at radius 1 is 0.565 bits per heavy atom. The van der Waals surface area contributed by atoms with Crippen molar-refractivity contribution in [2.24, 2.45) is 0 Å². The van der Waals surface area contributed by atoms with Crippen molar-refractivity contribution in [1.29, 1.82) is 0 Å². The predicted molar refractivity (Wildman–Crippen MR) is 100 cm³/mol. The molecule has 0 aliphatic heterocycles. The minimum absolute atomic E-state index is 0.670. The highest BCUT2D eigenvalue weighted by Crippen LogP contribution is 2.23. The zero-order valence-corrected chi connectivity index (χ0v) is 18.1. The van der Waals surface area contributed by atoms with E-state index in [-0.39, 0.29) is 0 Å². The average molecular weight is 367 g/mol. The third-order valence-electron chi connectivity index (χ3n) is 3.55. The van der Waals surface area contributed by atoms with Gasteiger partial charge < -0.3 is 23.1 Å². The highest BCUT2D eigenvalue weighted by atomic mass is 28.4. The fourth-order valence-corrected chi connectivity index (χ4v) is 11.3. The van der Waals surface area contributed by atoms with Crippen molar-refractivity contribution in [1.82, 2.24) is 0 Å². The second-order valence-electron chi connectivity index (χ2n) is 7.04. The molecule has 0 spiro atoms. The summed E-state index contributed by atoms with van der Waals surface area (Å²) in [5.74, 6) is 0. The van der Waals surface area contributed by atoms with Crippen LogP contribution < -0.4 is 0 Å². The molecule has 140 valence electrons. The van der Waals surface area contributed by atoms with Crippen molar-refractivity contribution in [2.45, 2.75) is 51.1 Å². The Labute approximate surface area is 145 Å². The summed E-state index contributed by atoms with van der Waals surface area (Å²) in [7, 11) is 0.197. The van der Waals surface area contributed by atoms with Crippen molar-refractivity contribution in [2.75, 3.05) is 53.9 Å². The van der Waals surface area contributed by atoms with E-state index < -0.39 is 16.6 Å². The molecule has 0 bridgehead atoms. The minimum Gasteiger partial charge on any atom is -0.455 e. The van der Waals surface area contributed by atoms with Crippen LogP contribution in [-0.2, 0) is 23.1 Å². The fourth-order valence-electron chi connectivity index (χ4n) is 2.54. The summed E-state index contributed by atoms with van der Waals surface area (Å²) in [5, 5.41) is 0. The van der Waals surface area contributed by atoms with Crippen LogP contribution in [0, 0.1) is 0 Å². The topological polar surface area (TPSA) is 46.2 Å². The minimum atomic E-state index is -1.60. The monoisotopic (exact) mass is 366 g/mol. The van der Waals surface area contributed by atoms with Crippen molar-refractivity contribution in [3.63, 3.8) is 0 Å². The van der Waals surface area contributed by atoms with Gasteiger partial charge in [0, 0.05) is 27.4 Å². The van der Waals surface area contributed by atoms with Gasteiger partial charge >= 0.3 is 0 Å². The highest BCUT2D eigenvalue weighted by molar-refractivity contribution is 6.84. The second-order valence-corrected chi connectivity index (χ2v) is 15.9. The quantitative estimate of drug-likeness (QED) is 0.309. The molecular formula is C16H38O5Si2. The van der Waals surface area contributed by atoms with Gasteiger partial charge in [-0.3, -0.25) is 0 Å². The molecule has 0 N–H and O–H groups in total. The first-order chi connectivity index (χ1) is 10.8. The molecule has 0 amide bonds. The molecule has 5 nitrogen and oxygen atoms in total. The maximum Gasteiger partial charge on any atom is 0.173 e. The normalized spacial score (nSPS) is 12.8. The molecule has 23 heavy (non-hydrogen) atoms. The molecule has 0 atom stereocenters. The lowest BCUT2D eigenvalue weighted by molar-refractivity contribution is 0.0704. The first-order valence-corrected chi connectivity index (χ1v) is 14.9. The second kappa shape index (κ2) is 13.5. The van der Waals surface area contributed by atoms with E-state index in [1.165, 1.54) is 0 Å². The Morgan fingerprint density at radius 2 is 0.957 bits per heavy atom. The molecule has 7 heteroatoms. The zero-order chi connectivity index (χ0) is 17.6. The largest absolute Gasteiger partial charge is 0.455 e. The van der Waals surface area contributed by atoms with E-state index in [4.69, 9.17) is 23.1 Å². The van der Waals surface area contributed by atoms with Crippen molar-refractivity contribution < 1.29 is 23.1 Å². The van der Waals surface area contributed by atoms with Crippen molar-refractivity contribution in [3.05, 3.63) is 0 Å². The van der Waals surface area contributed by atoms with Crippen LogP contribution in [-0.4, -0.2) is 70.5 Å². The van der Waals surface area contributed by atoms with E-state index in [0.717, 1.165) is 38.1 Å². The molecule has 0 fully saturated rings. The molecule has 0 saturated carbocycles. The molecule has 0 heterocycles. The van der Waals surface area contributed by atoms with Crippen LogP contribution >= 0.6 is 0 Å². The van der Waals surface area contributed by atoms with E-state index in [2.05, 4.69) is 26.2 Å². The van der Waals surface area contributed by atoms with Crippen LogP contribution in [0.15, 0.2) is 0 Å². The number of methoxy groups -OCH3 is 2. The van der Waals surface area contributed by atoms with Crippen molar-refractivity contribution >= 4 is 16.6 Å². The van der Waals surface area contributed by atoms with E-state index in [1.54, 1.807) is 14.2 Å². The summed E-state index contributed by atoms with van der Waals surface area (Å²) in [4.78, 5) is 0. The van der Waals surface area contributed by atoms with Gasteiger partial charge in [-0.2, -0.15) is 0 Å². The maximum atomic E-state index is 6.60. The lowest BCUT2D eigenvalue weighted by atomic mass is 10.5. The lowest BCUT2D eigenvalue weighted by Crippen LogP contribution is -2.44. The molecule has 0 unspecified atom stereocenters. The van der Waals surface area contributed by atoms with Crippen LogP contribution in [0.25, 0.3) is 0 Å². The number of rotatable bonds is 16. The van der Waals surface area contributed by atoms with Gasteiger partial charge in [-0.05, 0) is 51.1 Å². The molecule has 0 aromatic carbocycles. The Bertz CT molecular complexity index is 249. The fraction of sp³-hybridized carbons (Fsp3) is 1.00. The van der Waals surface area contributed by atoms with Crippen LogP contribution in [0.4, 0.5) is 0 Å². The van der Waals surface area contributed by atoms with Crippen LogP contribution in [0.2, 0.25) is 38.3 Å². The van der Waals surface area contributed by atoms with Gasteiger partial charge in [0.05, 0.1) is 26.4 Å². The molecule has 0 radical (unpaired) electrons. The van der Waals surface area contributed by atoms with E-state index in [1.807, 2.05) is 0 Å². The molecule has 0 aliphatic carbocycles. The Morgan fingerprint density at radius 3 is 1.30 bits per heavy atom. The maximum absolute atomic E-state index is 6.60. The van der Waals surface area contributed by atoms with E-state index >= 15 is 0 Å². The van der Waals surface area contributed by atoms with Gasteiger partial charge in [-0.25, -0.2) is 0 Å². The predicted octanol–water partition coefficient (Wildman–Crippen LogP) is 3.52. The molecular weight excluding hydrogens is 328 g/mol. The standard InChI is InChI=1S/C16H38O5Si2/c1-17-11-13-19-9-7-15-22(3,4)21-23(5,6)16-8-10-20-14-12-18-2/h7-16H2,1-6H3. The van der Waals surface area contributed by atoms with Crippen LogP contribution in [0.1, 0.15) is 12.8 Å². The molecule has 0 rings (SSSR count). The molecule has 0 aromatic heterocycles. The van der Waals surface area contributed by atoms with Gasteiger partial charge in [0.15, 0.2) is 16.6 Å². The van der Waals surface area contributed by atoms with Gasteiger partial charge in [0.2, 0.25) is 0 Å². The smallest absolute Gasteiger partial charge is 0.173 e. The lowest BCUT2D eigenvalue weighted by Gasteiger charge is -2.34. The average Bonchev–Trinajstić information content (AvgIpc) is 2.45. The Balaban J connectivity index is 3.82. The molecule has 0 aliphatic rings. The molecule has 0 aromatic rings. The summed E-state index contributed by atoms with van der Waals surface area (Å²) in [6.07, 6.45) is 2.15. The van der Waals surface area contributed by atoms with Crippen LogP contribution in [0.3, 0.4) is 0 Å². The summed E-state index contributed by atoms with van der Waals surface area (Å²) >= 11 is 0. The highest BCUT2D eigenvalue weighted by Gasteiger charge is 2.32. The van der Waals surface area contributed by atoms with E-state index in [0.29, 0.717) is 26.4 Å². The van der Waals surface area contributed by atoms with Gasteiger partial charge in [-0.1, -0.05) is 0 Å². The number of hydrogen-bond acceptors (Lipinski definition) is 5. The number of ether oxygens (including phenoxy) is 4. The SMILES string of the molecule is COCCOCCC[Si](C)(C)O[Si](C)(C)CCCOCCOC. The summed E-state index contributed by atoms with van der Waals surface area (Å²) in [6.45, 7) is 13.6. The third kappa shape index (κ3) is 15.5. The van der Waals surface area contributed by atoms with Gasteiger partial charge in [0.25, 0.3) is 0 Å². The summed E-state index contributed by atoms with van der Waals surface area (Å²) in [5.41, 5.74) is 0. The third-order valence-corrected chi connectivity index (χ3v) is 11.1. The first-order valence-electron chi connectivity index (χ1n) is 8.66. The number of hydrogen-bond donors (Lipinski definition) is 0. The zero-order valence-electron chi connectivity index (χ0n) is 16.1.